The van der Waals surface area contributed by atoms with Crippen molar-refractivity contribution in [3.05, 3.63) is 88.0 Å². The van der Waals surface area contributed by atoms with Crippen LogP contribution in [-0.2, 0) is 6.54 Å². The minimum Gasteiger partial charge on any atom is -0.395 e. The number of nitrogens with zero attached hydrogens (tertiary/aromatic N) is 2. The Balaban J connectivity index is 1.67. The highest BCUT2D eigenvalue weighted by Gasteiger charge is 2.11. The third kappa shape index (κ3) is 4.33. The molecule has 2 aromatic carbocycles. The van der Waals surface area contributed by atoms with Crippen molar-refractivity contribution in [2.75, 3.05) is 13.2 Å². The molecule has 5 nitrogen and oxygen atoms in total. The van der Waals surface area contributed by atoms with Crippen molar-refractivity contribution in [1.29, 1.82) is 0 Å². The molecule has 0 radical (unpaired) electrons. The Kier molecular flexibility index (Phi) is 6.04. The number of halogens is 2. The van der Waals surface area contributed by atoms with E-state index < -0.39 is 0 Å². The molecule has 4 rings (SSSR count). The average molecular weight is 440 g/mol. The Bertz CT molecular complexity index is 1220. The molecule has 0 bridgehead atoms. The van der Waals surface area contributed by atoms with E-state index in [0.29, 0.717) is 22.2 Å². The molecule has 2 heterocycles. The number of pyridine rings is 1. The number of aromatic nitrogens is 2. The molecule has 0 spiro atoms. The third-order valence-corrected chi connectivity index (χ3v) is 5.37. The quantitative estimate of drug-likeness (QED) is 0.454. The zero-order chi connectivity index (χ0) is 21.1. The lowest BCUT2D eigenvalue weighted by atomic mass is 10.1. The first-order valence-corrected chi connectivity index (χ1v) is 10.2. The molecule has 0 saturated carbocycles. The highest BCUT2D eigenvalue weighted by molar-refractivity contribution is 6.35. The van der Waals surface area contributed by atoms with Gasteiger partial charge in [0.15, 0.2) is 0 Å². The van der Waals surface area contributed by atoms with E-state index in [1.165, 1.54) is 0 Å². The summed E-state index contributed by atoms with van der Waals surface area (Å²) < 4.78 is 2.03. The average Bonchev–Trinajstić information content (AvgIpc) is 3.16. The summed E-state index contributed by atoms with van der Waals surface area (Å²) in [6.45, 7) is 0.686. The molecular formula is C23H19Cl2N3O2. The van der Waals surface area contributed by atoms with Crippen LogP contribution in [0.5, 0.6) is 0 Å². The Morgan fingerprint density at radius 1 is 1.07 bits per heavy atom. The zero-order valence-electron chi connectivity index (χ0n) is 16.0. The molecule has 2 aromatic heterocycles. The first-order chi connectivity index (χ1) is 14.5. The molecule has 0 atom stereocenters. The van der Waals surface area contributed by atoms with E-state index >= 15 is 0 Å². The summed E-state index contributed by atoms with van der Waals surface area (Å²) in [5.74, 6) is -0.229. The number of hydrogen-bond acceptors (Lipinski definition) is 3. The van der Waals surface area contributed by atoms with Gasteiger partial charge in [0.05, 0.1) is 18.8 Å². The Morgan fingerprint density at radius 3 is 2.73 bits per heavy atom. The number of rotatable bonds is 6. The monoisotopic (exact) mass is 439 g/mol. The van der Waals surface area contributed by atoms with Gasteiger partial charge in [-0.05, 0) is 48.0 Å². The van der Waals surface area contributed by atoms with Crippen LogP contribution in [0.2, 0.25) is 10.0 Å². The summed E-state index contributed by atoms with van der Waals surface area (Å²) >= 11 is 12.3. The van der Waals surface area contributed by atoms with E-state index in [1.54, 1.807) is 18.2 Å². The molecule has 0 fully saturated rings. The summed E-state index contributed by atoms with van der Waals surface area (Å²) in [6, 6.07) is 18.7. The van der Waals surface area contributed by atoms with Gasteiger partial charge in [-0.2, -0.15) is 0 Å². The molecule has 152 valence electrons. The van der Waals surface area contributed by atoms with E-state index in [9.17, 15) is 4.79 Å². The molecule has 30 heavy (non-hydrogen) atoms. The molecule has 1 amide bonds. The molecule has 0 saturated heterocycles. The van der Waals surface area contributed by atoms with E-state index in [4.69, 9.17) is 33.3 Å². The second-order valence-corrected chi connectivity index (χ2v) is 7.69. The van der Waals surface area contributed by atoms with Gasteiger partial charge in [0.25, 0.3) is 5.91 Å². The van der Waals surface area contributed by atoms with Gasteiger partial charge >= 0.3 is 0 Å². The van der Waals surface area contributed by atoms with Crippen LogP contribution in [0, 0.1) is 0 Å². The number of hydrogen-bond donors (Lipinski definition) is 2. The van der Waals surface area contributed by atoms with Crippen LogP contribution in [0.15, 0.2) is 66.9 Å². The van der Waals surface area contributed by atoms with Gasteiger partial charge in [0.1, 0.15) is 5.65 Å². The van der Waals surface area contributed by atoms with Gasteiger partial charge in [-0.25, -0.2) is 4.98 Å². The summed E-state index contributed by atoms with van der Waals surface area (Å²) in [5.41, 5.74) is 3.90. The number of aliphatic hydroxyl groups excluding tert-OH is 1. The van der Waals surface area contributed by atoms with Crippen molar-refractivity contribution in [3.8, 4) is 11.3 Å². The lowest BCUT2D eigenvalue weighted by Gasteiger charge is -2.09. The summed E-state index contributed by atoms with van der Waals surface area (Å²) in [7, 11) is 0. The number of amides is 1. The fraction of sp³-hybridized carbons (Fsp3) is 0.130. The van der Waals surface area contributed by atoms with Crippen molar-refractivity contribution >= 4 is 40.1 Å². The molecule has 7 heteroatoms. The maximum Gasteiger partial charge on any atom is 0.251 e. The van der Waals surface area contributed by atoms with Crippen molar-refractivity contribution < 1.29 is 9.90 Å². The van der Waals surface area contributed by atoms with Crippen molar-refractivity contribution in [1.82, 2.24) is 14.9 Å². The topological polar surface area (TPSA) is 67.2 Å². The SMILES string of the molecule is O=C(NCCO)c1cccc(-c2ccc3ccn(Cc4ccc(Cl)cc4Cl)c3n2)c1. The smallest absolute Gasteiger partial charge is 0.251 e. The molecular weight excluding hydrogens is 421 g/mol. The number of aliphatic hydroxyl groups is 1. The second kappa shape index (κ2) is 8.88. The molecule has 2 N–H and O–H groups in total. The van der Waals surface area contributed by atoms with Crippen LogP contribution in [-0.4, -0.2) is 33.7 Å². The number of carbonyl (C=O) groups is 1. The van der Waals surface area contributed by atoms with Crippen molar-refractivity contribution in [2.24, 2.45) is 0 Å². The van der Waals surface area contributed by atoms with E-state index in [-0.39, 0.29) is 19.1 Å². The standard InChI is InChI=1S/C23H19Cl2N3O2/c24-19-6-4-18(20(25)13-19)14-28-10-8-15-5-7-21(27-22(15)28)16-2-1-3-17(12-16)23(30)26-9-11-29/h1-8,10,12-13,29H,9,11,14H2,(H,26,30). The van der Waals surface area contributed by atoms with Gasteiger partial charge in [-0.3, -0.25) is 4.79 Å². The van der Waals surface area contributed by atoms with Crippen molar-refractivity contribution in [2.45, 2.75) is 6.54 Å². The molecule has 4 aromatic rings. The Hall–Kier alpha value is -2.86. The summed E-state index contributed by atoms with van der Waals surface area (Å²) in [4.78, 5) is 17.0. The number of nitrogens with one attached hydrogen (secondary N) is 1. The molecule has 0 unspecified atom stereocenters. The van der Waals surface area contributed by atoms with Crippen LogP contribution in [0.25, 0.3) is 22.3 Å². The molecule has 0 aliphatic rings. The maximum atomic E-state index is 12.2. The van der Waals surface area contributed by atoms with Gasteiger partial charge in [0, 0.05) is 39.3 Å². The zero-order valence-corrected chi connectivity index (χ0v) is 17.5. The fourth-order valence-electron chi connectivity index (χ4n) is 3.27. The summed E-state index contributed by atoms with van der Waals surface area (Å²) in [5, 5.41) is 13.8. The number of benzene rings is 2. The third-order valence-electron chi connectivity index (χ3n) is 4.79. The summed E-state index contributed by atoms with van der Waals surface area (Å²) in [6.07, 6.45) is 1.98. The van der Waals surface area contributed by atoms with E-state index in [1.807, 2.05) is 53.2 Å². The van der Waals surface area contributed by atoms with Crippen LogP contribution in [0.4, 0.5) is 0 Å². The highest BCUT2D eigenvalue weighted by atomic mass is 35.5. The first-order valence-electron chi connectivity index (χ1n) is 9.44. The van der Waals surface area contributed by atoms with Crippen LogP contribution in [0.1, 0.15) is 15.9 Å². The Labute approximate surface area is 183 Å². The molecule has 0 aliphatic carbocycles. The van der Waals surface area contributed by atoms with Crippen LogP contribution >= 0.6 is 23.2 Å². The van der Waals surface area contributed by atoms with Gasteiger partial charge < -0.3 is 15.0 Å². The van der Waals surface area contributed by atoms with E-state index in [0.717, 1.165) is 27.9 Å². The van der Waals surface area contributed by atoms with E-state index in [2.05, 4.69) is 5.32 Å². The minimum atomic E-state index is -0.229. The van der Waals surface area contributed by atoms with Gasteiger partial charge in [0.2, 0.25) is 0 Å². The lowest BCUT2D eigenvalue weighted by molar-refractivity contribution is 0.0945. The Morgan fingerprint density at radius 2 is 1.93 bits per heavy atom. The van der Waals surface area contributed by atoms with Gasteiger partial charge in [-0.1, -0.05) is 41.4 Å². The van der Waals surface area contributed by atoms with Crippen LogP contribution < -0.4 is 5.32 Å². The van der Waals surface area contributed by atoms with Crippen molar-refractivity contribution in [3.63, 3.8) is 0 Å². The second-order valence-electron chi connectivity index (χ2n) is 6.85. The van der Waals surface area contributed by atoms with Crippen LogP contribution in [0.3, 0.4) is 0 Å². The largest absolute Gasteiger partial charge is 0.395 e. The normalized spacial score (nSPS) is 11.0. The number of fused-ring (bicyclic) bond motifs is 1. The predicted molar refractivity (Wildman–Crippen MR) is 120 cm³/mol. The maximum absolute atomic E-state index is 12.2. The fourth-order valence-corrected chi connectivity index (χ4v) is 3.74. The minimum absolute atomic E-state index is 0.0989. The lowest BCUT2D eigenvalue weighted by Crippen LogP contribution is -2.26. The first kappa shape index (κ1) is 20.4. The number of carbonyl (C=O) groups excluding carboxylic acids is 1. The molecule has 0 aliphatic heterocycles. The highest BCUT2D eigenvalue weighted by Crippen LogP contribution is 2.26. The predicted octanol–water partition coefficient (Wildman–Crippen LogP) is 4.78. The van der Waals surface area contributed by atoms with Gasteiger partial charge in [-0.15, -0.1) is 0 Å².